The second-order valence-electron chi connectivity index (χ2n) is 4.85. The van der Waals surface area contributed by atoms with Crippen LogP contribution < -0.4 is 10.2 Å². The van der Waals surface area contributed by atoms with E-state index in [2.05, 4.69) is 28.2 Å². The highest BCUT2D eigenvalue weighted by molar-refractivity contribution is 5.48. The topological polar surface area (TPSA) is 37.4 Å². The monoisotopic (exact) mass is 249 g/mol. The van der Waals surface area contributed by atoms with Gasteiger partial charge in [-0.15, -0.1) is 0 Å². The molecule has 0 bridgehead atoms. The smallest absolute Gasteiger partial charge is 0.133 e. The molecule has 0 amide bonds. The molecule has 1 aliphatic rings. The van der Waals surface area contributed by atoms with E-state index in [0.717, 1.165) is 31.7 Å². The van der Waals surface area contributed by atoms with Crippen LogP contribution in [0.2, 0.25) is 0 Å². The molecular weight excluding hydrogens is 226 g/mol. The summed E-state index contributed by atoms with van der Waals surface area (Å²) >= 11 is 0. The van der Waals surface area contributed by atoms with E-state index in [0.29, 0.717) is 12.1 Å². The van der Waals surface area contributed by atoms with Crippen molar-refractivity contribution in [3.63, 3.8) is 0 Å². The minimum absolute atomic E-state index is 0.328. The third kappa shape index (κ3) is 2.82. The Balaban J connectivity index is 2.13. The van der Waals surface area contributed by atoms with E-state index in [1.165, 1.54) is 5.56 Å². The molecule has 1 saturated heterocycles. The average Bonchev–Trinajstić information content (AvgIpc) is 2.46. The summed E-state index contributed by atoms with van der Waals surface area (Å²) in [7, 11) is 3.79. The Kier molecular flexibility index (Phi) is 4.55. The van der Waals surface area contributed by atoms with Gasteiger partial charge in [0.2, 0.25) is 0 Å². The molecule has 100 valence electrons. The number of nitrogens with one attached hydrogen (secondary N) is 1. The molecule has 0 spiro atoms. The summed E-state index contributed by atoms with van der Waals surface area (Å²) in [6, 6.07) is 4.49. The first-order valence-electron chi connectivity index (χ1n) is 6.66. The normalized spacial score (nSPS) is 18.9. The molecule has 0 radical (unpaired) electrons. The molecule has 1 fully saturated rings. The number of nitrogens with zero attached hydrogens (tertiary/aromatic N) is 2. The first kappa shape index (κ1) is 13.3. The Morgan fingerprint density at radius 1 is 1.44 bits per heavy atom. The Hall–Kier alpha value is -1.13. The van der Waals surface area contributed by atoms with Crippen molar-refractivity contribution in [2.75, 3.05) is 32.1 Å². The number of piperidine rings is 1. The molecule has 1 unspecified atom stereocenters. The van der Waals surface area contributed by atoms with Gasteiger partial charge >= 0.3 is 0 Å². The number of ether oxygens (including phenoxy) is 1. The van der Waals surface area contributed by atoms with E-state index >= 15 is 0 Å². The molecule has 1 aromatic heterocycles. The van der Waals surface area contributed by atoms with Crippen LogP contribution >= 0.6 is 0 Å². The number of rotatable bonds is 4. The van der Waals surface area contributed by atoms with Crippen molar-refractivity contribution in [2.45, 2.75) is 31.9 Å². The van der Waals surface area contributed by atoms with Crippen LogP contribution in [0.4, 0.5) is 5.82 Å². The van der Waals surface area contributed by atoms with Gasteiger partial charge in [0.05, 0.1) is 6.10 Å². The van der Waals surface area contributed by atoms with Gasteiger partial charge < -0.3 is 15.0 Å². The number of pyridine rings is 1. The van der Waals surface area contributed by atoms with Crippen LogP contribution in [0.5, 0.6) is 0 Å². The summed E-state index contributed by atoms with van der Waals surface area (Å²) in [5.74, 6) is 1.12. The van der Waals surface area contributed by atoms with Gasteiger partial charge in [-0.05, 0) is 32.9 Å². The second kappa shape index (κ2) is 6.16. The maximum atomic E-state index is 5.41. The van der Waals surface area contributed by atoms with Crippen molar-refractivity contribution >= 4 is 5.82 Å². The van der Waals surface area contributed by atoms with Crippen LogP contribution in [-0.4, -0.2) is 38.3 Å². The Bertz CT molecular complexity index is 375. The standard InChI is InChI=1S/C14H23N3O/c1-11(15-2)13-5-4-8-16-14(13)17-9-6-12(18-3)7-10-17/h4-5,8,11-12,15H,6-7,9-10H2,1-3H3. The molecule has 1 N–H and O–H groups in total. The fraction of sp³-hybridized carbons (Fsp3) is 0.643. The maximum absolute atomic E-state index is 5.41. The van der Waals surface area contributed by atoms with Crippen LogP contribution in [0.3, 0.4) is 0 Å². The zero-order valence-corrected chi connectivity index (χ0v) is 11.5. The van der Waals surface area contributed by atoms with Crippen molar-refractivity contribution in [1.29, 1.82) is 0 Å². The lowest BCUT2D eigenvalue weighted by Crippen LogP contribution is -2.38. The van der Waals surface area contributed by atoms with E-state index < -0.39 is 0 Å². The number of hydrogen-bond acceptors (Lipinski definition) is 4. The zero-order valence-electron chi connectivity index (χ0n) is 11.5. The van der Waals surface area contributed by atoms with Crippen LogP contribution in [-0.2, 0) is 4.74 Å². The van der Waals surface area contributed by atoms with Crippen molar-refractivity contribution in [2.24, 2.45) is 0 Å². The fourth-order valence-corrected chi connectivity index (χ4v) is 2.47. The van der Waals surface area contributed by atoms with Crippen LogP contribution in [0.25, 0.3) is 0 Å². The van der Waals surface area contributed by atoms with Gasteiger partial charge in [0, 0.05) is 38.0 Å². The van der Waals surface area contributed by atoms with Crippen LogP contribution in [0.1, 0.15) is 31.4 Å². The van der Waals surface area contributed by atoms with Gasteiger partial charge in [0.25, 0.3) is 0 Å². The third-order valence-electron chi connectivity index (χ3n) is 3.79. The molecule has 2 rings (SSSR count). The maximum Gasteiger partial charge on any atom is 0.133 e. The predicted molar refractivity (Wildman–Crippen MR) is 74.0 cm³/mol. The van der Waals surface area contributed by atoms with Crippen molar-refractivity contribution in [3.8, 4) is 0 Å². The Morgan fingerprint density at radius 3 is 2.78 bits per heavy atom. The quantitative estimate of drug-likeness (QED) is 0.885. The Labute approximate surface area is 109 Å². The summed E-state index contributed by atoms with van der Waals surface area (Å²) in [4.78, 5) is 6.94. The van der Waals surface area contributed by atoms with Gasteiger partial charge in [-0.3, -0.25) is 0 Å². The first-order chi connectivity index (χ1) is 8.76. The van der Waals surface area contributed by atoms with Gasteiger partial charge in [-0.2, -0.15) is 0 Å². The second-order valence-corrected chi connectivity index (χ2v) is 4.85. The summed E-state index contributed by atoms with van der Waals surface area (Å²) in [6.45, 7) is 4.22. The fourth-order valence-electron chi connectivity index (χ4n) is 2.47. The van der Waals surface area contributed by atoms with Crippen LogP contribution in [0.15, 0.2) is 18.3 Å². The predicted octanol–water partition coefficient (Wildman–Crippen LogP) is 1.98. The van der Waals surface area contributed by atoms with E-state index in [9.17, 15) is 0 Å². The largest absolute Gasteiger partial charge is 0.381 e. The summed E-state index contributed by atoms with van der Waals surface area (Å²) in [5, 5.41) is 3.29. The number of aromatic nitrogens is 1. The Morgan fingerprint density at radius 2 is 2.17 bits per heavy atom. The lowest BCUT2D eigenvalue weighted by atomic mass is 10.0. The minimum atomic E-state index is 0.328. The zero-order chi connectivity index (χ0) is 13.0. The first-order valence-corrected chi connectivity index (χ1v) is 6.66. The third-order valence-corrected chi connectivity index (χ3v) is 3.79. The number of hydrogen-bond donors (Lipinski definition) is 1. The average molecular weight is 249 g/mol. The molecule has 2 heterocycles. The van der Waals surface area contributed by atoms with Gasteiger partial charge in [-0.25, -0.2) is 4.98 Å². The van der Waals surface area contributed by atoms with Crippen LogP contribution in [0, 0.1) is 0 Å². The molecule has 1 atom stereocenters. The summed E-state index contributed by atoms with van der Waals surface area (Å²) < 4.78 is 5.41. The number of anilines is 1. The molecule has 1 aromatic rings. The molecule has 4 heteroatoms. The van der Waals surface area contributed by atoms with Gasteiger partial charge in [0.15, 0.2) is 0 Å². The van der Waals surface area contributed by atoms with E-state index in [4.69, 9.17) is 4.74 Å². The highest BCUT2D eigenvalue weighted by atomic mass is 16.5. The summed E-state index contributed by atoms with van der Waals surface area (Å²) in [5.41, 5.74) is 1.27. The van der Waals surface area contributed by atoms with Gasteiger partial charge in [-0.1, -0.05) is 6.07 Å². The molecule has 18 heavy (non-hydrogen) atoms. The molecule has 1 aliphatic heterocycles. The molecule has 4 nitrogen and oxygen atoms in total. The van der Waals surface area contributed by atoms with Crippen molar-refractivity contribution < 1.29 is 4.74 Å². The molecule has 0 saturated carbocycles. The lowest BCUT2D eigenvalue weighted by Gasteiger charge is -2.33. The number of methoxy groups -OCH3 is 1. The van der Waals surface area contributed by atoms with E-state index in [1.807, 2.05) is 19.3 Å². The van der Waals surface area contributed by atoms with Gasteiger partial charge in [0.1, 0.15) is 5.82 Å². The summed E-state index contributed by atoms with van der Waals surface area (Å²) in [6.07, 6.45) is 4.46. The lowest BCUT2D eigenvalue weighted by molar-refractivity contribution is 0.0817. The molecular formula is C14H23N3O. The highest BCUT2D eigenvalue weighted by Crippen LogP contribution is 2.26. The van der Waals surface area contributed by atoms with Crippen molar-refractivity contribution in [3.05, 3.63) is 23.9 Å². The minimum Gasteiger partial charge on any atom is -0.381 e. The molecule has 0 aromatic carbocycles. The molecule has 0 aliphatic carbocycles. The van der Waals surface area contributed by atoms with Crippen molar-refractivity contribution in [1.82, 2.24) is 10.3 Å². The van der Waals surface area contributed by atoms with E-state index in [-0.39, 0.29) is 0 Å². The highest BCUT2D eigenvalue weighted by Gasteiger charge is 2.22. The SMILES string of the molecule is CNC(C)c1cccnc1N1CCC(OC)CC1. The van der Waals surface area contributed by atoms with E-state index in [1.54, 1.807) is 7.11 Å².